The Labute approximate surface area is 518 Å². The fourth-order valence-corrected chi connectivity index (χ4v) is 11.2. The zero-order valence-electron chi connectivity index (χ0n) is 56.0. The fourth-order valence-electron chi connectivity index (χ4n) is 11.2. The maximum atomic E-state index is 13.0. The summed E-state index contributed by atoms with van der Waals surface area (Å²) in [5, 5.41) is 0. The fraction of sp³-hybridized carbons (Fsp3) is 0.857. The molecule has 0 saturated heterocycles. The summed E-state index contributed by atoms with van der Waals surface area (Å²) in [5.74, 6) is -0.841. The number of carbonyl (C=O) groups excluding carboxylic acids is 3. The van der Waals surface area contributed by atoms with Gasteiger partial charge in [-0.2, -0.15) is 0 Å². The van der Waals surface area contributed by atoms with Gasteiger partial charge in [0.2, 0.25) is 0 Å². The first kappa shape index (κ1) is 80.4. The number of esters is 3. The molecule has 0 saturated carbocycles. The van der Waals surface area contributed by atoms with Gasteiger partial charge in [0, 0.05) is 19.3 Å². The quantitative estimate of drug-likeness (QED) is 0.0261. The van der Waals surface area contributed by atoms with Crippen molar-refractivity contribution in [1.82, 2.24) is 0 Å². The van der Waals surface area contributed by atoms with Crippen molar-refractivity contribution in [2.75, 3.05) is 13.2 Å². The largest absolute Gasteiger partial charge is 0.462 e. The first-order valence-electron chi connectivity index (χ1n) is 37.1. The number of unbranched alkanes of at least 4 members (excludes halogenated alkanes) is 50. The highest BCUT2D eigenvalue weighted by atomic mass is 16.6. The molecule has 0 amide bonds. The smallest absolute Gasteiger partial charge is 0.306 e. The lowest BCUT2D eigenvalue weighted by molar-refractivity contribution is -0.167. The first-order valence-corrected chi connectivity index (χ1v) is 37.1. The average molecular weight is 1160 g/mol. The Kier molecular flexibility index (Phi) is 69.6. The summed E-state index contributed by atoms with van der Waals surface area (Å²) in [6, 6.07) is 0. The minimum atomic E-state index is -0.773. The van der Waals surface area contributed by atoms with Crippen LogP contribution >= 0.6 is 0 Å². The van der Waals surface area contributed by atoms with E-state index in [2.05, 4.69) is 69.4 Å². The van der Waals surface area contributed by atoms with Crippen molar-refractivity contribution in [3.05, 3.63) is 48.6 Å². The molecule has 0 radical (unpaired) electrons. The second-order valence-corrected chi connectivity index (χ2v) is 25.2. The van der Waals surface area contributed by atoms with Crippen LogP contribution in [0.1, 0.15) is 406 Å². The molecule has 0 aromatic rings. The molecule has 1 atom stereocenters. The third-order valence-corrected chi connectivity index (χ3v) is 16.8. The minimum absolute atomic E-state index is 0.0682. The molecule has 0 heterocycles. The van der Waals surface area contributed by atoms with Crippen molar-refractivity contribution in [3.63, 3.8) is 0 Å². The van der Waals surface area contributed by atoms with Crippen LogP contribution < -0.4 is 0 Å². The van der Waals surface area contributed by atoms with Gasteiger partial charge < -0.3 is 14.2 Å². The molecule has 0 N–H and O–H groups in total. The Morgan fingerprint density at radius 3 is 0.687 bits per heavy atom. The topological polar surface area (TPSA) is 78.9 Å². The Morgan fingerprint density at radius 2 is 0.434 bits per heavy atom. The molecule has 6 nitrogen and oxygen atoms in total. The van der Waals surface area contributed by atoms with E-state index in [1.165, 1.54) is 295 Å². The molecule has 1 unspecified atom stereocenters. The highest BCUT2D eigenvalue weighted by Gasteiger charge is 2.19. The number of hydrogen-bond donors (Lipinski definition) is 0. The van der Waals surface area contributed by atoms with Crippen molar-refractivity contribution in [2.45, 2.75) is 412 Å². The average Bonchev–Trinajstić information content (AvgIpc) is 3.49. The van der Waals surface area contributed by atoms with Crippen LogP contribution in [-0.4, -0.2) is 37.2 Å². The van der Waals surface area contributed by atoms with Crippen molar-refractivity contribution >= 4 is 17.9 Å². The van der Waals surface area contributed by atoms with Crippen LogP contribution in [-0.2, 0) is 28.6 Å². The number of hydrogen-bond acceptors (Lipinski definition) is 6. The minimum Gasteiger partial charge on any atom is -0.462 e. The Bertz CT molecular complexity index is 1430. The van der Waals surface area contributed by atoms with E-state index in [-0.39, 0.29) is 31.1 Å². The third kappa shape index (κ3) is 70.0. The molecule has 0 fully saturated rings. The monoisotopic (exact) mass is 1160 g/mol. The van der Waals surface area contributed by atoms with Gasteiger partial charge in [-0.3, -0.25) is 14.4 Å². The summed E-state index contributed by atoms with van der Waals surface area (Å²) in [7, 11) is 0. The molecule has 83 heavy (non-hydrogen) atoms. The van der Waals surface area contributed by atoms with E-state index in [0.29, 0.717) is 19.3 Å². The summed E-state index contributed by atoms with van der Waals surface area (Å²) in [6.07, 6.45) is 91.5. The molecule has 0 aliphatic carbocycles. The van der Waals surface area contributed by atoms with Crippen LogP contribution in [0, 0.1) is 0 Å². The molecule has 0 aromatic carbocycles. The summed E-state index contributed by atoms with van der Waals surface area (Å²) < 4.78 is 17.0. The molecule has 0 bridgehead atoms. The molecule has 0 aliphatic rings. The van der Waals surface area contributed by atoms with Gasteiger partial charge in [-0.1, -0.05) is 352 Å². The molecular weight excluding hydrogens is 1020 g/mol. The van der Waals surface area contributed by atoms with Crippen molar-refractivity contribution in [2.24, 2.45) is 0 Å². The van der Waals surface area contributed by atoms with E-state index in [9.17, 15) is 14.4 Å². The molecule has 0 aliphatic heterocycles. The molecular formula is C77H142O6. The lowest BCUT2D eigenvalue weighted by Gasteiger charge is -2.18. The molecule has 0 rings (SSSR count). The van der Waals surface area contributed by atoms with E-state index in [1.54, 1.807) is 0 Å². The maximum Gasteiger partial charge on any atom is 0.306 e. The number of carbonyl (C=O) groups is 3. The van der Waals surface area contributed by atoms with Gasteiger partial charge in [-0.05, 0) is 83.5 Å². The lowest BCUT2D eigenvalue weighted by Crippen LogP contribution is -2.30. The molecule has 6 heteroatoms. The van der Waals surface area contributed by atoms with Gasteiger partial charge in [0.15, 0.2) is 6.10 Å². The summed E-state index contributed by atoms with van der Waals surface area (Å²) >= 11 is 0. The van der Waals surface area contributed by atoms with E-state index in [1.807, 2.05) is 0 Å². The standard InChI is InChI=1S/C77H142O6/c1-4-7-10-13-16-19-22-25-27-29-31-33-35-37-38-40-41-43-45-47-49-52-55-58-61-64-67-70-76(79)82-73-74(72-81-75(78)69-66-63-60-57-54-51-24-21-18-15-12-9-6-3)83-77(80)71-68-65-62-59-56-53-50-48-46-44-42-39-36-34-32-30-28-26-23-20-17-14-11-8-5-2/h22,25,29-32,35,37,74H,4-21,23-24,26-28,33-34,36,38-73H2,1-3H3/b25-22-,31-29-,32-30-,37-35-. The van der Waals surface area contributed by atoms with Gasteiger partial charge >= 0.3 is 17.9 Å². The van der Waals surface area contributed by atoms with Crippen LogP contribution in [0.4, 0.5) is 0 Å². The second-order valence-electron chi connectivity index (χ2n) is 25.2. The number of ether oxygens (including phenoxy) is 3. The second kappa shape index (κ2) is 71.8. The van der Waals surface area contributed by atoms with Gasteiger partial charge in [-0.15, -0.1) is 0 Å². The Hall–Kier alpha value is -2.63. The third-order valence-electron chi connectivity index (χ3n) is 16.8. The molecule has 0 spiro atoms. The zero-order chi connectivity index (χ0) is 59.9. The van der Waals surface area contributed by atoms with Gasteiger partial charge in [0.1, 0.15) is 13.2 Å². The number of allylic oxidation sites excluding steroid dienone is 8. The predicted octanol–water partition coefficient (Wildman–Crippen LogP) is 25.7. The molecule has 486 valence electrons. The van der Waals surface area contributed by atoms with Crippen molar-refractivity contribution in [1.29, 1.82) is 0 Å². The van der Waals surface area contributed by atoms with E-state index in [0.717, 1.165) is 70.6 Å². The maximum absolute atomic E-state index is 13.0. The van der Waals surface area contributed by atoms with Crippen molar-refractivity contribution < 1.29 is 28.6 Å². The van der Waals surface area contributed by atoms with E-state index >= 15 is 0 Å². The van der Waals surface area contributed by atoms with Crippen LogP contribution in [0.3, 0.4) is 0 Å². The normalized spacial score (nSPS) is 12.3. The summed E-state index contributed by atoms with van der Waals surface area (Å²) in [5.41, 5.74) is 0. The Balaban J connectivity index is 4.23. The lowest BCUT2D eigenvalue weighted by atomic mass is 10.0. The van der Waals surface area contributed by atoms with Gasteiger partial charge in [-0.25, -0.2) is 0 Å². The highest BCUT2D eigenvalue weighted by Crippen LogP contribution is 2.18. The van der Waals surface area contributed by atoms with Gasteiger partial charge in [0.05, 0.1) is 0 Å². The van der Waals surface area contributed by atoms with Crippen molar-refractivity contribution in [3.8, 4) is 0 Å². The highest BCUT2D eigenvalue weighted by molar-refractivity contribution is 5.71. The van der Waals surface area contributed by atoms with Crippen LogP contribution in [0.25, 0.3) is 0 Å². The van der Waals surface area contributed by atoms with E-state index < -0.39 is 6.10 Å². The summed E-state index contributed by atoms with van der Waals surface area (Å²) in [4.78, 5) is 38.5. The predicted molar refractivity (Wildman–Crippen MR) is 362 cm³/mol. The first-order chi connectivity index (χ1) is 41.0. The van der Waals surface area contributed by atoms with Gasteiger partial charge in [0.25, 0.3) is 0 Å². The SMILES string of the molecule is CCCCCCC/C=C\C/C=C\C/C=C\CCCCCCCCCCCCCCC(=O)OCC(COC(=O)CCCCCCCCCCCCCCC)OC(=O)CCCCCCCCCCCCCCC/C=C\CCCCCCCCCC. The summed E-state index contributed by atoms with van der Waals surface area (Å²) in [6.45, 7) is 6.70. The van der Waals surface area contributed by atoms with Crippen LogP contribution in [0.15, 0.2) is 48.6 Å². The molecule has 0 aromatic heterocycles. The van der Waals surface area contributed by atoms with Crippen LogP contribution in [0.5, 0.6) is 0 Å². The Morgan fingerprint density at radius 1 is 0.241 bits per heavy atom. The van der Waals surface area contributed by atoms with E-state index in [4.69, 9.17) is 14.2 Å². The van der Waals surface area contributed by atoms with Crippen LogP contribution in [0.2, 0.25) is 0 Å². The zero-order valence-corrected chi connectivity index (χ0v) is 56.0. The number of rotatable bonds is 69.